The van der Waals surface area contributed by atoms with Crippen LogP contribution in [0.1, 0.15) is 24.5 Å². The molecule has 0 saturated heterocycles. The predicted octanol–water partition coefficient (Wildman–Crippen LogP) is 1.33. The van der Waals surface area contributed by atoms with E-state index in [0.717, 1.165) is 25.9 Å². The number of nitrogens with zero attached hydrogens (tertiary/aromatic N) is 1. The lowest BCUT2D eigenvalue weighted by molar-refractivity contribution is -0.145. The van der Waals surface area contributed by atoms with Crippen LogP contribution in [0, 0.1) is 0 Å². The van der Waals surface area contributed by atoms with Gasteiger partial charge in [0.05, 0.1) is 6.61 Å². The summed E-state index contributed by atoms with van der Waals surface area (Å²) in [7, 11) is 0. The topological polar surface area (TPSA) is 55.6 Å². The number of fused-ring (bicyclic) bond motifs is 1. The molecular formula is C15H22N2O2. The van der Waals surface area contributed by atoms with Crippen LogP contribution in [0.25, 0.3) is 0 Å². The molecule has 0 spiro atoms. The maximum atomic E-state index is 11.6. The summed E-state index contributed by atoms with van der Waals surface area (Å²) in [6.07, 6.45) is 2.20. The van der Waals surface area contributed by atoms with Crippen molar-refractivity contribution in [1.82, 2.24) is 4.90 Å². The van der Waals surface area contributed by atoms with E-state index in [1.165, 1.54) is 11.1 Å². The Hall–Kier alpha value is -1.39. The van der Waals surface area contributed by atoms with E-state index >= 15 is 0 Å². The van der Waals surface area contributed by atoms with E-state index in [1.54, 1.807) is 6.92 Å². The molecule has 4 heteroatoms. The monoisotopic (exact) mass is 262 g/mol. The highest BCUT2D eigenvalue weighted by Gasteiger charge is 2.21. The van der Waals surface area contributed by atoms with Crippen molar-refractivity contribution in [2.75, 3.05) is 19.7 Å². The zero-order chi connectivity index (χ0) is 13.7. The normalized spacial score (nSPS) is 17.4. The van der Waals surface area contributed by atoms with Crippen molar-refractivity contribution in [2.24, 2.45) is 5.73 Å². The molecule has 1 aliphatic rings. The number of rotatable bonds is 4. The molecule has 1 aromatic rings. The molecule has 0 radical (unpaired) electrons. The summed E-state index contributed by atoms with van der Waals surface area (Å²) >= 11 is 0. The molecule has 0 fully saturated rings. The van der Waals surface area contributed by atoms with Gasteiger partial charge in [-0.1, -0.05) is 24.3 Å². The van der Waals surface area contributed by atoms with Gasteiger partial charge in [0.25, 0.3) is 0 Å². The smallest absolute Gasteiger partial charge is 0.324 e. The Morgan fingerprint density at radius 1 is 1.42 bits per heavy atom. The molecule has 1 aromatic carbocycles. The molecule has 1 aliphatic heterocycles. The van der Waals surface area contributed by atoms with E-state index < -0.39 is 6.04 Å². The predicted molar refractivity (Wildman–Crippen MR) is 74.6 cm³/mol. The minimum Gasteiger partial charge on any atom is -0.465 e. The van der Waals surface area contributed by atoms with Crippen molar-refractivity contribution < 1.29 is 9.53 Å². The van der Waals surface area contributed by atoms with Crippen molar-refractivity contribution in [3.63, 3.8) is 0 Å². The molecular weight excluding hydrogens is 240 g/mol. The average Bonchev–Trinajstić information content (AvgIpc) is 2.60. The van der Waals surface area contributed by atoms with Crippen LogP contribution in [0.4, 0.5) is 0 Å². The van der Waals surface area contributed by atoms with E-state index in [4.69, 9.17) is 10.5 Å². The van der Waals surface area contributed by atoms with Gasteiger partial charge in [-0.15, -0.1) is 0 Å². The molecule has 104 valence electrons. The minimum atomic E-state index is -0.551. The molecule has 4 nitrogen and oxygen atoms in total. The van der Waals surface area contributed by atoms with Crippen LogP contribution >= 0.6 is 0 Å². The van der Waals surface area contributed by atoms with E-state index in [0.29, 0.717) is 13.2 Å². The third kappa shape index (κ3) is 3.78. The number of esters is 1. The first kappa shape index (κ1) is 14.0. The molecule has 0 aromatic heterocycles. The lowest BCUT2D eigenvalue weighted by atomic mass is 10.0. The standard InChI is InChI=1S/C15H22N2O2/c1-2-19-15(18)14(16)11-17-9-5-8-12-6-3-4-7-13(12)10-17/h3-4,6-7,14H,2,5,8-11,16H2,1H3. The zero-order valence-corrected chi connectivity index (χ0v) is 11.5. The van der Waals surface area contributed by atoms with Crippen LogP contribution in [0.15, 0.2) is 24.3 Å². The average molecular weight is 262 g/mol. The molecule has 0 aliphatic carbocycles. The molecule has 2 rings (SSSR count). The summed E-state index contributed by atoms with van der Waals surface area (Å²) in [5.41, 5.74) is 8.64. The lowest BCUT2D eigenvalue weighted by Crippen LogP contribution is -2.43. The Bertz CT molecular complexity index is 434. The fourth-order valence-corrected chi connectivity index (χ4v) is 2.53. The van der Waals surface area contributed by atoms with Crippen LogP contribution < -0.4 is 5.73 Å². The van der Waals surface area contributed by atoms with Crippen LogP contribution in [0.5, 0.6) is 0 Å². The quantitative estimate of drug-likeness (QED) is 0.832. The summed E-state index contributed by atoms with van der Waals surface area (Å²) < 4.78 is 4.96. The summed E-state index contributed by atoms with van der Waals surface area (Å²) in [6.45, 7) is 4.58. The highest BCUT2D eigenvalue weighted by molar-refractivity contribution is 5.75. The number of aryl methyl sites for hydroxylation is 1. The van der Waals surface area contributed by atoms with Crippen molar-refractivity contribution >= 4 is 5.97 Å². The van der Waals surface area contributed by atoms with Crippen LogP contribution in [0.3, 0.4) is 0 Å². The van der Waals surface area contributed by atoms with Crippen molar-refractivity contribution in [3.05, 3.63) is 35.4 Å². The Kier molecular flexibility index (Phi) is 4.93. The highest BCUT2D eigenvalue weighted by Crippen LogP contribution is 2.18. The number of carbonyl (C=O) groups is 1. The van der Waals surface area contributed by atoms with E-state index in [1.807, 2.05) is 0 Å². The first-order chi connectivity index (χ1) is 9.20. The maximum absolute atomic E-state index is 11.6. The SMILES string of the molecule is CCOC(=O)C(N)CN1CCCc2ccccc2C1. The summed E-state index contributed by atoms with van der Waals surface area (Å²) in [4.78, 5) is 13.8. The second-order valence-corrected chi connectivity index (χ2v) is 4.97. The van der Waals surface area contributed by atoms with Gasteiger partial charge in [0.15, 0.2) is 0 Å². The first-order valence-electron chi connectivity index (χ1n) is 6.92. The van der Waals surface area contributed by atoms with Crippen LogP contribution in [-0.4, -0.2) is 36.6 Å². The van der Waals surface area contributed by atoms with Crippen LogP contribution in [-0.2, 0) is 22.5 Å². The summed E-state index contributed by atoms with van der Waals surface area (Å²) in [5.74, 6) is -0.306. The van der Waals surface area contributed by atoms with Gasteiger partial charge in [-0.3, -0.25) is 9.69 Å². The van der Waals surface area contributed by atoms with Gasteiger partial charge in [0.2, 0.25) is 0 Å². The fourth-order valence-electron chi connectivity index (χ4n) is 2.53. The number of hydrogen-bond donors (Lipinski definition) is 1. The van der Waals surface area contributed by atoms with Crippen molar-refractivity contribution in [2.45, 2.75) is 32.4 Å². The van der Waals surface area contributed by atoms with E-state index in [9.17, 15) is 4.79 Å². The van der Waals surface area contributed by atoms with E-state index in [2.05, 4.69) is 29.2 Å². The second-order valence-electron chi connectivity index (χ2n) is 4.97. The van der Waals surface area contributed by atoms with E-state index in [-0.39, 0.29) is 5.97 Å². The lowest BCUT2D eigenvalue weighted by Gasteiger charge is -2.23. The second kappa shape index (κ2) is 6.68. The van der Waals surface area contributed by atoms with Crippen LogP contribution in [0.2, 0.25) is 0 Å². The molecule has 1 unspecified atom stereocenters. The van der Waals surface area contributed by atoms with Gasteiger partial charge in [-0.05, 0) is 37.4 Å². The molecule has 1 heterocycles. The number of benzene rings is 1. The van der Waals surface area contributed by atoms with Gasteiger partial charge in [-0.2, -0.15) is 0 Å². The summed E-state index contributed by atoms with van der Waals surface area (Å²) in [6, 6.07) is 7.94. The number of nitrogens with two attached hydrogens (primary N) is 1. The Balaban J connectivity index is 1.97. The molecule has 0 bridgehead atoms. The summed E-state index contributed by atoms with van der Waals surface area (Å²) in [5, 5.41) is 0. The van der Waals surface area contributed by atoms with Gasteiger partial charge < -0.3 is 10.5 Å². The highest BCUT2D eigenvalue weighted by atomic mass is 16.5. The first-order valence-corrected chi connectivity index (χ1v) is 6.92. The maximum Gasteiger partial charge on any atom is 0.324 e. The third-order valence-corrected chi connectivity index (χ3v) is 3.48. The third-order valence-electron chi connectivity index (χ3n) is 3.48. The van der Waals surface area contributed by atoms with Crippen molar-refractivity contribution in [1.29, 1.82) is 0 Å². The molecule has 2 N–H and O–H groups in total. The number of carbonyl (C=O) groups excluding carboxylic acids is 1. The number of ether oxygens (including phenoxy) is 1. The fraction of sp³-hybridized carbons (Fsp3) is 0.533. The largest absolute Gasteiger partial charge is 0.465 e. The minimum absolute atomic E-state index is 0.306. The molecule has 0 amide bonds. The molecule has 1 atom stereocenters. The molecule has 19 heavy (non-hydrogen) atoms. The van der Waals surface area contributed by atoms with Gasteiger partial charge in [0, 0.05) is 13.1 Å². The molecule has 0 saturated carbocycles. The van der Waals surface area contributed by atoms with Gasteiger partial charge in [0.1, 0.15) is 6.04 Å². The zero-order valence-electron chi connectivity index (χ0n) is 11.5. The van der Waals surface area contributed by atoms with Gasteiger partial charge in [-0.25, -0.2) is 0 Å². The Labute approximate surface area is 114 Å². The van der Waals surface area contributed by atoms with Gasteiger partial charge >= 0.3 is 5.97 Å². The van der Waals surface area contributed by atoms with Crippen molar-refractivity contribution in [3.8, 4) is 0 Å². The number of hydrogen-bond acceptors (Lipinski definition) is 4. The Morgan fingerprint density at radius 2 is 2.16 bits per heavy atom. The Morgan fingerprint density at radius 3 is 2.89 bits per heavy atom.